The topological polar surface area (TPSA) is 61.5 Å². The Balaban J connectivity index is 2.87. The van der Waals surface area contributed by atoms with Gasteiger partial charge in [0.1, 0.15) is 12.4 Å². The van der Waals surface area contributed by atoms with Gasteiger partial charge in [-0.2, -0.15) is 0 Å². The summed E-state index contributed by atoms with van der Waals surface area (Å²) >= 11 is 0. The zero-order valence-electron chi connectivity index (χ0n) is 7.32. The summed E-state index contributed by atoms with van der Waals surface area (Å²) in [5.41, 5.74) is 6.96. The molecule has 0 unspecified atom stereocenters. The highest BCUT2D eigenvalue weighted by Gasteiger charge is 2.04. The standard InChI is InChI=1S/C9H11NO3/c1-12-8-4-2-3-7(9(8)10)5-13-6-11/h2-4,6H,5,10H2,1H3. The molecule has 0 amide bonds. The maximum atomic E-state index is 9.95. The maximum absolute atomic E-state index is 9.95. The van der Waals surface area contributed by atoms with E-state index in [0.717, 1.165) is 5.56 Å². The second kappa shape index (κ2) is 4.35. The van der Waals surface area contributed by atoms with Crippen molar-refractivity contribution in [2.24, 2.45) is 0 Å². The third-order valence-electron chi connectivity index (χ3n) is 1.68. The number of carbonyl (C=O) groups is 1. The van der Waals surface area contributed by atoms with Gasteiger partial charge in [-0.1, -0.05) is 12.1 Å². The Bertz CT molecular complexity index is 299. The number of hydrogen-bond donors (Lipinski definition) is 1. The van der Waals surface area contributed by atoms with Crippen LogP contribution in [0.5, 0.6) is 5.75 Å². The van der Waals surface area contributed by atoms with Crippen LogP contribution >= 0.6 is 0 Å². The van der Waals surface area contributed by atoms with Crippen molar-refractivity contribution in [3.63, 3.8) is 0 Å². The molecule has 0 saturated carbocycles. The number of carbonyl (C=O) groups excluding carboxylic acids is 1. The van der Waals surface area contributed by atoms with Crippen molar-refractivity contribution in [2.45, 2.75) is 6.61 Å². The van der Waals surface area contributed by atoms with E-state index in [0.29, 0.717) is 17.9 Å². The molecule has 2 N–H and O–H groups in total. The smallest absolute Gasteiger partial charge is 0.293 e. The minimum absolute atomic E-state index is 0.173. The molecule has 13 heavy (non-hydrogen) atoms. The van der Waals surface area contributed by atoms with Crippen LogP contribution < -0.4 is 10.5 Å². The molecular weight excluding hydrogens is 170 g/mol. The summed E-state index contributed by atoms with van der Waals surface area (Å²) in [5.74, 6) is 0.590. The number of rotatable bonds is 4. The van der Waals surface area contributed by atoms with Gasteiger partial charge in [-0.15, -0.1) is 0 Å². The summed E-state index contributed by atoms with van der Waals surface area (Å²) in [6.45, 7) is 0.561. The monoisotopic (exact) mass is 181 g/mol. The van der Waals surface area contributed by atoms with Crippen LogP contribution in [0.3, 0.4) is 0 Å². The summed E-state index contributed by atoms with van der Waals surface area (Å²) in [7, 11) is 1.54. The summed E-state index contributed by atoms with van der Waals surface area (Å²) in [6.07, 6.45) is 0. The van der Waals surface area contributed by atoms with Gasteiger partial charge in [-0.3, -0.25) is 4.79 Å². The van der Waals surface area contributed by atoms with Crippen LogP contribution in [0.1, 0.15) is 5.56 Å². The van der Waals surface area contributed by atoms with Gasteiger partial charge in [0, 0.05) is 5.56 Å². The van der Waals surface area contributed by atoms with E-state index in [4.69, 9.17) is 10.5 Å². The molecule has 0 atom stereocenters. The minimum atomic E-state index is 0.173. The first-order valence-electron chi connectivity index (χ1n) is 3.76. The average molecular weight is 181 g/mol. The summed E-state index contributed by atoms with van der Waals surface area (Å²) in [6, 6.07) is 5.32. The normalized spacial score (nSPS) is 9.31. The largest absolute Gasteiger partial charge is 0.495 e. The number of ether oxygens (including phenoxy) is 2. The maximum Gasteiger partial charge on any atom is 0.293 e. The van der Waals surface area contributed by atoms with E-state index in [9.17, 15) is 4.79 Å². The fraction of sp³-hybridized carbons (Fsp3) is 0.222. The zero-order valence-corrected chi connectivity index (χ0v) is 7.32. The molecule has 0 spiro atoms. The number of anilines is 1. The number of nitrogen functional groups attached to an aromatic ring is 1. The predicted octanol–water partition coefficient (Wildman–Crippen LogP) is 0.950. The SMILES string of the molecule is COc1cccc(COC=O)c1N. The third kappa shape index (κ3) is 2.11. The highest BCUT2D eigenvalue weighted by molar-refractivity contribution is 5.58. The van der Waals surface area contributed by atoms with Gasteiger partial charge < -0.3 is 15.2 Å². The van der Waals surface area contributed by atoms with Crippen LogP contribution in [-0.4, -0.2) is 13.6 Å². The van der Waals surface area contributed by atoms with Gasteiger partial charge >= 0.3 is 0 Å². The second-order valence-electron chi connectivity index (χ2n) is 2.44. The zero-order chi connectivity index (χ0) is 9.68. The van der Waals surface area contributed by atoms with Crippen molar-refractivity contribution < 1.29 is 14.3 Å². The van der Waals surface area contributed by atoms with Gasteiger partial charge in [-0.25, -0.2) is 0 Å². The molecule has 0 aliphatic rings. The Hall–Kier alpha value is -1.71. The lowest BCUT2D eigenvalue weighted by Gasteiger charge is -2.08. The molecule has 4 heteroatoms. The van der Waals surface area contributed by atoms with E-state index in [1.54, 1.807) is 18.2 Å². The highest BCUT2D eigenvalue weighted by atomic mass is 16.5. The molecule has 0 fully saturated rings. The number of para-hydroxylation sites is 1. The Morgan fingerprint density at radius 1 is 1.54 bits per heavy atom. The molecule has 0 aliphatic heterocycles. The molecule has 0 heterocycles. The quantitative estimate of drug-likeness (QED) is 0.555. The van der Waals surface area contributed by atoms with E-state index in [-0.39, 0.29) is 6.61 Å². The van der Waals surface area contributed by atoms with Crippen molar-refractivity contribution in [3.05, 3.63) is 23.8 Å². The Kier molecular flexibility index (Phi) is 3.14. The lowest BCUT2D eigenvalue weighted by Crippen LogP contribution is -1.99. The van der Waals surface area contributed by atoms with Crippen LogP contribution in [0.2, 0.25) is 0 Å². The van der Waals surface area contributed by atoms with Gasteiger partial charge in [-0.05, 0) is 6.07 Å². The second-order valence-corrected chi connectivity index (χ2v) is 2.44. The first kappa shape index (κ1) is 9.38. The molecule has 0 saturated heterocycles. The minimum Gasteiger partial charge on any atom is -0.495 e. The van der Waals surface area contributed by atoms with Crippen LogP contribution in [0.4, 0.5) is 5.69 Å². The average Bonchev–Trinajstić information content (AvgIpc) is 2.16. The lowest BCUT2D eigenvalue weighted by atomic mass is 10.2. The summed E-state index contributed by atoms with van der Waals surface area (Å²) in [4.78, 5) is 9.95. The molecule has 1 rings (SSSR count). The van der Waals surface area contributed by atoms with Crippen LogP contribution in [-0.2, 0) is 16.1 Å². The predicted molar refractivity (Wildman–Crippen MR) is 48.3 cm³/mol. The van der Waals surface area contributed by atoms with Crippen molar-refractivity contribution >= 4 is 12.2 Å². The van der Waals surface area contributed by atoms with Gasteiger partial charge in [0.25, 0.3) is 6.47 Å². The molecule has 1 aromatic carbocycles. The molecule has 0 aliphatic carbocycles. The van der Waals surface area contributed by atoms with E-state index in [2.05, 4.69) is 4.74 Å². The van der Waals surface area contributed by atoms with Gasteiger partial charge in [0.15, 0.2) is 0 Å². The lowest BCUT2D eigenvalue weighted by molar-refractivity contribution is -0.129. The Morgan fingerprint density at radius 3 is 2.92 bits per heavy atom. The van der Waals surface area contributed by atoms with Gasteiger partial charge in [0.05, 0.1) is 12.8 Å². The van der Waals surface area contributed by atoms with Crippen molar-refractivity contribution in [3.8, 4) is 5.75 Å². The molecule has 0 bridgehead atoms. The number of nitrogens with two attached hydrogens (primary N) is 1. The first-order valence-corrected chi connectivity index (χ1v) is 3.76. The van der Waals surface area contributed by atoms with Crippen molar-refractivity contribution in [1.82, 2.24) is 0 Å². The van der Waals surface area contributed by atoms with Crippen LogP contribution in [0.15, 0.2) is 18.2 Å². The van der Waals surface area contributed by atoms with Crippen LogP contribution in [0, 0.1) is 0 Å². The molecular formula is C9H11NO3. The Morgan fingerprint density at radius 2 is 2.31 bits per heavy atom. The number of benzene rings is 1. The van der Waals surface area contributed by atoms with Gasteiger partial charge in [0.2, 0.25) is 0 Å². The molecule has 70 valence electrons. The van der Waals surface area contributed by atoms with E-state index < -0.39 is 0 Å². The van der Waals surface area contributed by atoms with E-state index in [1.165, 1.54) is 7.11 Å². The molecule has 4 nitrogen and oxygen atoms in total. The highest BCUT2D eigenvalue weighted by Crippen LogP contribution is 2.24. The van der Waals surface area contributed by atoms with Crippen LogP contribution in [0.25, 0.3) is 0 Å². The number of hydrogen-bond acceptors (Lipinski definition) is 4. The van der Waals surface area contributed by atoms with E-state index >= 15 is 0 Å². The van der Waals surface area contributed by atoms with Crippen molar-refractivity contribution in [1.29, 1.82) is 0 Å². The fourth-order valence-electron chi connectivity index (χ4n) is 1.02. The Labute approximate surface area is 76.3 Å². The number of methoxy groups -OCH3 is 1. The summed E-state index contributed by atoms with van der Waals surface area (Å²) in [5, 5.41) is 0. The summed E-state index contributed by atoms with van der Waals surface area (Å²) < 4.78 is 9.58. The fourth-order valence-corrected chi connectivity index (χ4v) is 1.02. The molecule has 0 radical (unpaired) electrons. The molecule has 1 aromatic rings. The third-order valence-corrected chi connectivity index (χ3v) is 1.68. The first-order chi connectivity index (χ1) is 6.29. The van der Waals surface area contributed by atoms with E-state index in [1.807, 2.05) is 0 Å². The van der Waals surface area contributed by atoms with Crippen molar-refractivity contribution in [2.75, 3.05) is 12.8 Å². The molecule has 0 aromatic heterocycles.